The van der Waals surface area contributed by atoms with Crippen molar-refractivity contribution in [3.05, 3.63) is 35.6 Å². The van der Waals surface area contributed by atoms with E-state index in [0.717, 1.165) is 18.6 Å². The number of rotatable bonds is 5. The number of carbonyl (C=O) groups excluding carboxylic acids is 2. The molecule has 37 heavy (non-hydrogen) atoms. The molecule has 0 unspecified atom stereocenters. The molecule has 1 heterocycles. The molecule has 0 aromatic carbocycles. The van der Waals surface area contributed by atoms with Crippen molar-refractivity contribution in [2.45, 2.75) is 103 Å². The van der Waals surface area contributed by atoms with E-state index >= 15 is 0 Å². The van der Waals surface area contributed by atoms with Crippen LogP contribution >= 0.6 is 0 Å². The smallest absolute Gasteiger partial charge is 0.303 e. The van der Waals surface area contributed by atoms with E-state index in [2.05, 4.69) is 72.0 Å². The molecule has 1 saturated heterocycles. The molecule has 2 saturated carbocycles. The van der Waals surface area contributed by atoms with Crippen LogP contribution in [0.3, 0.4) is 0 Å². The van der Waals surface area contributed by atoms with E-state index in [9.17, 15) is 14.7 Å². The largest absolute Gasteiger partial charge is 0.544 e. The molecule has 5 aliphatic rings. The van der Waals surface area contributed by atoms with Crippen molar-refractivity contribution in [2.75, 3.05) is 6.61 Å². The van der Waals surface area contributed by atoms with Crippen LogP contribution in [0.5, 0.6) is 0 Å². The van der Waals surface area contributed by atoms with Crippen molar-refractivity contribution in [3.63, 3.8) is 0 Å². The summed E-state index contributed by atoms with van der Waals surface area (Å²) >= 11 is 0. The molecule has 1 spiro atoms. The molecule has 4 aliphatic carbocycles. The zero-order valence-corrected chi connectivity index (χ0v) is 24.9. The van der Waals surface area contributed by atoms with Gasteiger partial charge in [0.25, 0.3) is 0 Å². The van der Waals surface area contributed by atoms with Gasteiger partial charge in [-0.3, -0.25) is 9.59 Å². The summed E-state index contributed by atoms with van der Waals surface area (Å²) in [5.41, 5.74) is -1.54. The van der Waals surface area contributed by atoms with Gasteiger partial charge >= 0.3 is 5.97 Å². The SMILES string of the molecule is CC(=O)OCC(=O)[C@@]1(O)[C@H](C)C[C@H]2[C@@H]3CC=C4C=C(O[Si](C)(C)C(C)(C)C)C=C[C@]4(C)[C@@]34O[C@@H]4C[C@@]21C. The fraction of sp³-hybridized carbons (Fsp3) is 0.733. The minimum absolute atomic E-state index is 0.0355. The van der Waals surface area contributed by atoms with Gasteiger partial charge in [-0.2, -0.15) is 0 Å². The van der Waals surface area contributed by atoms with Crippen LogP contribution in [-0.4, -0.2) is 49.1 Å². The molecule has 6 nitrogen and oxygen atoms in total. The quantitative estimate of drug-likeness (QED) is 0.289. The summed E-state index contributed by atoms with van der Waals surface area (Å²) in [7, 11) is -1.96. The highest BCUT2D eigenvalue weighted by Gasteiger charge is 2.81. The summed E-state index contributed by atoms with van der Waals surface area (Å²) in [6, 6.07) is 0. The van der Waals surface area contributed by atoms with Gasteiger partial charge in [0.2, 0.25) is 14.1 Å². The summed E-state index contributed by atoms with van der Waals surface area (Å²) in [6.07, 6.45) is 11.2. The van der Waals surface area contributed by atoms with Gasteiger partial charge in [-0.1, -0.05) is 46.8 Å². The molecule has 0 amide bonds. The van der Waals surface area contributed by atoms with E-state index < -0.39 is 25.3 Å². The number of ketones is 1. The van der Waals surface area contributed by atoms with E-state index in [1.165, 1.54) is 12.5 Å². The number of carbonyl (C=O) groups is 2. The molecule has 3 fully saturated rings. The topological polar surface area (TPSA) is 85.4 Å². The first kappa shape index (κ1) is 26.9. The zero-order valence-electron chi connectivity index (χ0n) is 23.9. The molecular weight excluding hydrogens is 484 g/mol. The van der Waals surface area contributed by atoms with E-state index in [4.69, 9.17) is 13.9 Å². The molecule has 1 aliphatic heterocycles. The molecule has 7 heteroatoms. The van der Waals surface area contributed by atoms with Crippen LogP contribution in [-0.2, 0) is 23.5 Å². The highest BCUT2D eigenvalue weighted by atomic mass is 28.4. The van der Waals surface area contributed by atoms with Gasteiger partial charge in [-0.05, 0) is 79.8 Å². The Hall–Kier alpha value is -1.70. The second-order valence-electron chi connectivity index (χ2n) is 14.2. The average molecular weight is 529 g/mol. The van der Waals surface area contributed by atoms with Crippen LogP contribution < -0.4 is 0 Å². The van der Waals surface area contributed by atoms with Crippen molar-refractivity contribution in [1.29, 1.82) is 0 Å². The fourth-order valence-corrected chi connectivity index (χ4v) is 9.14. The first-order chi connectivity index (χ1) is 16.9. The van der Waals surface area contributed by atoms with Gasteiger partial charge in [-0.25, -0.2) is 0 Å². The number of epoxide rings is 1. The second kappa shape index (κ2) is 7.92. The van der Waals surface area contributed by atoms with Crippen LogP contribution in [0.25, 0.3) is 0 Å². The maximum Gasteiger partial charge on any atom is 0.303 e. The Labute approximate surface area is 222 Å². The first-order valence-electron chi connectivity index (χ1n) is 13.8. The number of allylic oxidation sites excluding steroid dienone is 3. The minimum Gasteiger partial charge on any atom is -0.544 e. The second-order valence-corrected chi connectivity index (χ2v) is 18.9. The molecule has 0 aromatic heterocycles. The fourth-order valence-electron chi connectivity index (χ4n) is 8.12. The summed E-state index contributed by atoms with van der Waals surface area (Å²) in [5.74, 6) is 0.143. The third kappa shape index (κ3) is 3.42. The highest BCUT2D eigenvalue weighted by Crippen LogP contribution is 2.76. The summed E-state index contributed by atoms with van der Waals surface area (Å²) in [5, 5.41) is 12.1. The number of hydrogen-bond donors (Lipinski definition) is 1. The van der Waals surface area contributed by atoms with Gasteiger partial charge in [0, 0.05) is 17.8 Å². The molecule has 0 bridgehead atoms. The molecule has 8 atom stereocenters. The molecule has 1 N–H and O–H groups in total. The van der Waals surface area contributed by atoms with Crippen molar-refractivity contribution in [1.82, 2.24) is 0 Å². The Bertz CT molecular complexity index is 1130. The van der Waals surface area contributed by atoms with Gasteiger partial charge in [0.1, 0.15) is 17.0 Å². The Balaban J connectivity index is 1.46. The van der Waals surface area contributed by atoms with Gasteiger partial charge in [0.15, 0.2) is 6.61 Å². The number of hydrogen-bond acceptors (Lipinski definition) is 6. The van der Waals surface area contributed by atoms with Crippen LogP contribution in [0.2, 0.25) is 18.1 Å². The third-order valence-electron chi connectivity index (χ3n) is 11.3. The van der Waals surface area contributed by atoms with Gasteiger partial charge in [0.05, 0.1) is 6.10 Å². The van der Waals surface area contributed by atoms with Crippen LogP contribution in [0.4, 0.5) is 0 Å². The lowest BCUT2D eigenvalue weighted by Gasteiger charge is -2.54. The predicted molar refractivity (Wildman–Crippen MR) is 144 cm³/mol. The Morgan fingerprint density at radius 2 is 1.89 bits per heavy atom. The standard InChI is InChI=1S/C30H44O6Si/c1-18-14-23-22-11-10-20-15-21(36-37(8,9)26(3,4)5)12-13-27(20,6)30(22)25(35-30)16-28(23,7)29(18,33)24(32)17-34-19(2)31/h10,12-13,15,18,22-23,25,33H,11,14,16-17H2,1-9H3/t18-,22+,23+,25-,27+,28+,29+,30-/m1/s1. The molecule has 5 rings (SSSR count). The Morgan fingerprint density at radius 1 is 1.22 bits per heavy atom. The van der Waals surface area contributed by atoms with E-state index in [1.807, 2.05) is 6.92 Å². The van der Waals surface area contributed by atoms with E-state index in [-0.39, 0.29) is 52.3 Å². The maximum atomic E-state index is 13.3. The summed E-state index contributed by atoms with van der Waals surface area (Å²) in [6.45, 7) is 18.5. The summed E-state index contributed by atoms with van der Waals surface area (Å²) < 4.78 is 18.4. The van der Waals surface area contributed by atoms with Crippen LogP contribution in [0.1, 0.15) is 67.7 Å². The number of aliphatic hydroxyl groups is 1. The highest BCUT2D eigenvalue weighted by molar-refractivity contribution is 6.74. The lowest BCUT2D eigenvalue weighted by molar-refractivity contribution is -0.170. The van der Waals surface area contributed by atoms with Crippen molar-refractivity contribution >= 4 is 20.1 Å². The summed E-state index contributed by atoms with van der Waals surface area (Å²) in [4.78, 5) is 24.7. The van der Waals surface area contributed by atoms with Crippen molar-refractivity contribution < 1.29 is 28.6 Å². The monoisotopic (exact) mass is 528 g/mol. The molecule has 204 valence electrons. The predicted octanol–water partition coefficient (Wildman–Crippen LogP) is 5.48. The first-order valence-corrected chi connectivity index (χ1v) is 16.7. The third-order valence-corrected chi connectivity index (χ3v) is 15.7. The minimum atomic E-state index is -1.96. The van der Waals surface area contributed by atoms with Crippen molar-refractivity contribution in [2.24, 2.45) is 28.6 Å². The molecular formula is C30H44O6Si. The number of fused-ring (bicyclic) bond motifs is 3. The maximum absolute atomic E-state index is 13.3. The Kier molecular flexibility index (Phi) is 5.75. The van der Waals surface area contributed by atoms with Crippen LogP contribution in [0.15, 0.2) is 35.6 Å². The van der Waals surface area contributed by atoms with Crippen molar-refractivity contribution in [3.8, 4) is 0 Å². The molecule has 0 radical (unpaired) electrons. The van der Waals surface area contributed by atoms with E-state index in [0.29, 0.717) is 6.42 Å². The van der Waals surface area contributed by atoms with Gasteiger partial charge < -0.3 is 19.0 Å². The number of ether oxygens (including phenoxy) is 2. The zero-order chi connectivity index (χ0) is 27.4. The number of esters is 1. The lowest BCUT2D eigenvalue weighted by Crippen LogP contribution is -2.62. The Morgan fingerprint density at radius 3 is 2.51 bits per heavy atom. The van der Waals surface area contributed by atoms with Gasteiger partial charge in [-0.15, -0.1) is 0 Å². The van der Waals surface area contributed by atoms with E-state index in [1.54, 1.807) is 0 Å². The lowest BCUT2D eigenvalue weighted by atomic mass is 9.48. The normalized spacial score (nSPS) is 43.9. The number of Topliss-reactive ketones (excluding diaryl/α,β-unsaturated/α-hetero) is 1. The van der Waals surface area contributed by atoms with Crippen LogP contribution in [0, 0.1) is 28.6 Å². The average Bonchev–Trinajstić information content (AvgIpc) is 3.46. The molecule has 0 aromatic rings.